The smallest absolute Gasteiger partial charge is 0.243 e. The molecule has 120 valence electrons. The number of benzene rings is 1. The fourth-order valence-corrected chi connectivity index (χ4v) is 3.13. The van der Waals surface area contributed by atoms with Crippen molar-refractivity contribution >= 4 is 23.2 Å². The first kappa shape index (κ1) is 15.6. The number of piperidine rings is 1. The van der Waals surface area contributed by atoms with Crippen LogP contribution in [0.5, 0.6) is 0 Å². The van der Waals surface area contributed by atoms with E-state index in [-0.39, 0.29) is 18.0 Å². The van der Waals surface area contributed by atoms with Gasteiger partial charge in [0.15, 0.2) is 0 Å². The van der Waals surface area contributed by atoms with Gasteiger partial charge in [0.05, 0.1) is 0 Å². The van der Waals surface area contributed by atoms with Crippen molar-refractivity contribution in [2.24, 2.45) is 5.92 Å². The van der Waals surface area contributed by atoms with Gasteiger partial charge in [0, 0.05) is 23.3 Å². The van der Waals surface area contributed by atoms with Gasteiger partial charge in [-0.25, -0.2) is 4.39 Å². The number of anilines is 1. The summed E-state index contributed by atoms with van der Waals surface area (Å²) in [6.07, 6.45) is 4.13. The van der Waals surface area contributed by atoms with Crippen LogP contribution in [0.25, 0.3) is 0 Å². The molecule has 0 bridgehead atoms. The Kier molecular flexibility index (Phi) is 4.84. The van der Waals surface area contributed by atoms with E-state index in [0.29, 0.717) is 16.6 Å². The van der Waals surface area contributed by atoms with E-state index in [1.165, 1.54) is 12.1 Å². The average Bonchev–Trinajstić information content (AvgIpc) is 3.29. The molecule has 2 atom stereocenters. The second kappa shape index (κ2) is 6.84. The normalized spacial score (nSPS) is 22.9. The van der Waals surface area contributed by atoms with Crippen molar-refractivity contribution in [3.8, 4) is 0 Å². The molecule has 1 amide bonds. The summed E-state index contributed by atoms with van der Waals surface area (Å²) in [6.45, 7) is 1.83. The van der Waals surface area contributed by atoms with Crippen molar-refractivity contribution in [2.75, 3.05) is 18.4 Å². The summed E-state index contributed by atoms with van der Waals surface area (Å²) in [5.41, 5.74) is 0.554. The van der Waals surface area contributed by atoms with Crippen LogP contribution in [-0.4, -0.2) is 31.1 Å². The van der Waals surface area contributed by atoms with Crippen LogP contribution in [0, 0.1) is 11.7 Å². The molecule has 1 aliphatic carbocycles. The molecule has 22 heavy (non-hydrogen) atoms. The molecule has 3 rings (SSSR count). The van der Waals surface area contributed by atoms with Gasteiger partial charge in [0.2, 0.25) is 5.91 Å². The van der Waals surface area contributed by atoms with Crippen molar-refractivity contribution in [3.05, 3.63) is 29.0 Å². The molecule has 1 aromatic carbocycles. The number of rotatable bonds is 5. The minimum absolute atomic E-state index is 0.00316. The molecule has 2 fully saturated rings. The lowest BCUT2D eigenvalue weighted by Crippen LogP contribution is -2.51. The lowest BCUT2D eigenvalue weighted by Gasteiger charge is -2.27. The molecule has 0 unspecified atom stereocenters. The number of hydrogen-bond acceptors (Lipinski definition) is 3. The Morgan fingerprint density at radius 3 is 2.77 bits per heavy atom. The number of nitrogens with one attached hydrogen (secondary N) is 3. The Labute approximate surface area is 134 Å². The summed E-state index contributed by atoms with van der Waals surface area (Å²) >= 11 is 5.88. The van der Waals surface area contributed by atoms with E-state index in [4.69, 9.17) is 11.6 Å². The zero-order valence-electron chi connectivity index (χ0n) is 12.4. The standard InChI is InChI=1S/C16H21ClFN3O/c17-11-6-12(18)8-14(7-11)20-15(10-3-4-10)16(22)21-13-2-1-5-19-9-13/h6-8,10,13,15,19-20H,1-5,9H2,(H,21,22)/t13-,15-/m1/s1. The van der Waals surface area contributed by atoms with E-state index < -0.39 is 5.82 Å². The van der Waals surface area contributed by atoms with E-state index in [0.717, 1.165) is 38.8 Å². The van der Waals surface area contributed by atoms with Crippen LogP contribution < -0.4 is 16.0 Å². The van der Waals surface area contributed by atoms with Gasteiger partial charge < -0.3 is 16.0 Å². The molecule has 1 aromatic rings. The summed E-state index contributed by atoms with van der Waals surface area (Å²) in [5, 5.41) is 9.87. The van der Waals surface area contributed by atoms with Gasteiger partial charge in [0.25, 0.3) is 0 Å². The second-order valence-corrected chi connectivity index (χ2v) is 6.61. The highest BCUT2D eigenvalue weighted by atomic mass is 35.5. The van der Waals surface area contributed by atoms with Gasteiger partial charge in [-0.2, -0.15) is 0 Å². The van der Waals surface area contributed by atoms with Crippen LogP contribution in [0.15, 0.2) is 18.2 Å². The SMILES string of the molecule is O=C(N[C@@H]1CCCNC1)[C@H](Nc1cc(F)cc(Cl)c1)C1CC1. The molecule has 6 heteroatoms. The number of amides is 1. The third-order valence-electron chi connectivity index (χ3n) is 4.20. The molecule has 0 spiro atoms. The van der Waals surface area contributed by atoms with Crippen LogP contribution in [0.4, 0.5) is 10.1 Å². The Morgan fingerprint density at radius 1 is 1.32 bits per heavy atom. The summed E-state index contributed by atoms with van der Waals surface area (Å²) in [6, 6.07) is 4.14. The molecule has 1 heterocycles. The van der Waals surface area contributed by atoms with E-state index in [1.807, 2.05) is 0 Å². The van der Waals surface area contributed by atoms with E-state index in [9.17, 15) is 9.18 Å². The first-order valence-corrected chi connectivity index (χ1v) is 8.23. The predicted molar refractivity (Wildman–Crippen MR) is 85.6 cm³/mol. The summed E-state index contributed by atoms with van der Waals surface area (Å²) in [5.74, 6) is -0.0865. The van der Waals surface area contributed by atoms with Crippen molar-refractivity contribution in [1.82, 2.24) is 10.6 Å². The summed E-state index contributed by atoms with van der Waals surface area (Å²) in [4.78, 5) is 12.5. The van der Waals surface area contributed by atoms with Gasteiger partial charge in [-0.3, -0.25) is 4.79 Å². The molecular weight excluding hydrogens is 305 g/mol. The van der Waals surface area contributed by atoms with Crippen LogP contribution >= 0.6 is 11.6 Å². The van der Waals surface area contributed by atoms with Gasteiger partial charge in [-0.15, -0.1) is 0 Å². The second-order valence-electron chi connectivity index (χ2n) is 6.17. The molecule has 4 nitrogen and oxygen atoms in total. The molecule has 1 saturated heterocycles. The lowest BCUT2D eigenvalue weighted by atomic mass is 10.1. The minimum atomic E-state index is -0.401. The van der Waals surface area contributed by atoms with Gasteiger partial charge in [-0.1, -0.05) is 11.6 Å². The molecule has 1 saturated carbocycles. The zero-order chi connectivity index (χ0) is 15.5. The Hall–Kier alpha value is -1.33. The van der Waals surface area contributed by atoms with Crippen LogP contribution in [0.3, 0.4) is 0 Å². The first-order valence-electron chi connectivity index (χ1n) is 7.85. The average molecular weight is 326 g/mol. The fourth-order valence-electron chi connectivity index (χ4n) is 2.91. The maximum absolute atomic E-state index is 13.4. The van der Waals surface area contributed by atoms with Crippen molar-refractivity contribution in [1.29, 1.82) is 0 Å². The predicted octanol–water partition coefficient (Wildman–Crippen LogP) is 2.54. The molecular formula is C16H21ClFN3O. The van der Waals surface area contributed by atoms with Crippen LogP contribution in [0.1, 0.15) is 25.7 Å². The maximum atomic E-state index is 13.4. The van der Waals surface area contributed by atoms with Crippen LogP contribution in [0.2, 0.25) is 5.02 Å². The molecule has 0 radical (unpaired) electrons. The molecule has 0 aromatic heterocycles. The highest BCUT2D eigenvalue weighted by molar-refractivity contribution is 6.30. The minimum Gasteiger partial charge on any atom is -0.373 e. The highest BCUT2D eigenvalue weighted by Crippen LogP contribution is 2.35. The van der Waals surface area contributed by atoms with Crippen molar-refractivity contribution in [2.45, 2.75) is 37.8 Å². The topological polar surface area (TPSA) is 53.2 Å². The van der Waals surface area contributed by atoms with Crippen molar-refractivity contribution in [3.63, 3.8) is 0 Å². The zero-order valence-corrected chi connectivity index (χ0v) is 13.1. The third kappa shape index (κ3) is 4.11. The maximum Gasteiger partial charge on any atom is 0.243 e. The molecule has 3 N–H and O–H groups in total. The van der Waals surface area contributed by atoms with Crippen LogP contribution in [-0.2, 0) is 4.79 Å². The third-order valence-corrected chi connectivity index (χ3v) is 4.42. The Balaban J connectivity index is 1.65. The Bertz CT molecular complexity index is 524. The van der Waals surface area contributed by atoms with E-state index in [2.05, 4.69) is 16.0 Å². The largest absolute Gasteiger partial charge is 0.373 e. The highest BCUT2D eigenvalue weighted by Gasteiger charge is 2.37. The van der Waals surface area contributed by atoms with Crippen molar-refractivity contribution < 1.29 is 9.18 Å². The summed E-state index contributed by atoms with van der Waals surface area (Å²) < 4.78 is 13.4. The van der Waals surface area contributed by atoms with Gasteiger partial charge in [0.1, 0.15) is 11.9 Å². The number of carbonyl (C=O) groups excluding carboxylic acids is 1. The monoisotopic (exact) mass is 325 g/mol. The first-order chi connectivity index (χ1) is 10.6. The quantitative estimate of drug-likeness (QED) is 0.780. The van der Waals surface area contributed by atoms with Gasteiger partial charge in [-0.05, 0) is 56.3 Å². The van der Waals surface area contributed by atoms with E-state index in [1.54, 1.807) is 6.07 Å². The number of hydrogen-bond donors (Lipinski definition) is 3. The Morgan fingerprint density at radius 2 is 2.14 bits per heavy atom. The van der Waals surface area contributed by atoms with E-state index >= 15 is 0 Å². The number of halogens is 2. The molecule has 1 aliphatic heterocycles. The number of carbonyl (C=O) groups is 1. The lowest BCUT2D eigenvalue weighted by molar-refractivity contribution is -0.123. The molecule has 2 aliphatic rings. The van der Waals surface area contributed by atoms with Gasteiger partial charge >= 0.3 is 0 Å². The summed E-state index contributed by atoms with van der Waals surface area (Å²) in [7, 11) is 0. The fraction of sp³-hybridized carbons (Fsp3) is 0.562.